The molecule has 1 saturated carbocycles. The molecule has 0 unspecified atom stereocenters. The molecule has 0 atom stereocenters. The van der Waals surface area contributed by atoms with Gasteiger partial charge in [0.25, 0.3) is 0 Å². The van der Waals surface area contributed by atoms with E-state index in [4.69, 9.17) is 0 Å². The van der Waals surface area contributed by atoms with Gasteiger partial charge in [-0.05, 0) is 38.8 Å². The first kappa shape index (κ1) is 22.1. The minimum absolute atomic E-state index is 0.0655. The number of thioether (sulfide) groups is 1. The Kier molecular flexibility index (Phi) is 6.90. The first-order chi connectivity index (χ1) is 15.5. The second-order valence-electron chi connectivity index (χ2n) is 8.13. The molecule has 7 nitrogen and oxygen atoms in total. The molecule has 0 aliphatic heterocycles. The predicted molar refractivity (Wildman–Crippen MR) is 126 cm³/mol. The summed E-state index contributed by atoms with van der Waals surface area (Å²) >= 11 is 1.25. The quantitative estimate of drug-likeness (QED) is 0.544. The van der Waals surface area contributed by atoms with Gasteiger partial charge in [0.1, 0.15) is 0 Å². The van der Waals surface area contributed by atoms with Gasteiger partial charge in [-0.1, -0.05) is 72.1 Å². The van der Waals surface area contributed by atoms with Crippen molar-refractivity contribution in [2.45, 2.75) is 50.7 Å². The summed E-state index contributed by atoms with van der Waals surface area (Å²) in [4.78, 5) is 24.4. The van der Waals surface area contributed by atoms with Crippen molar-refractivity contribution in [3.63, 3.8) is 0 Å². The lowest BCUT2D eigenvalue weighted by molar-refractivity contribution is -0.117. The number of hydrogen-bond acceptors (Lipinski definition) is 5. The zero-order valence-corrected chi connectivity index (χ0v) is 19.1. The molecular weight excluding hydrogens is 422 g/mol. The minimum Gasteiger partial charge on any atom is -0.335 e. The van der Waals surface area contributed by atoms with Gasteiger partial charge in [-0.2, -0.15) is 0 Å². The van der Waals surface area contributed by atoms with E-state index in [1.165, 1.54) is 11.8 Å². The minimum atomic E-state index is -0.428. The average molecular weight is 450 g/mol. The molecule has 1 heterocycles. The lowest BCUT2D eigenvalue weighted by atomic mass is 10.1. The van der Waals surface area contributed by atoms with Crippen LogP contribution in [0.15, 0.2) is 53.7 Å². The van der Waals surface area contributed by atoms with E-state index in [2.05, 4.69) is 20.8 Å². The number of amides is 3. The maximum Gasteiger partial charge on any atom is 0.321 e. The number of nitrogens with zero attached hydrogens (tertiary/aromatic N) is 3. The van der Waals surface area contributed by atoms with Crippen LogP contribution in [-0.2, 0) is 4.79 Å². The number of nitrogens with one attached hydrogen (secondary N) is 2. The molecule has 0 radical (unpaired) electrons. The number of urea groups is 1. The Morgan fingerprint density at radius 3 is 2.25 bits per heavy atom. The highest BCUT2D eigenvalue weighted by Crippen LogP contribution is 2.28. The standard InChI is InChI=1S/C24H27N5O2S/c1-16-7-11-18(12-8-16)22-27-28-24(29(22)20-13-9-17(2)10-14-20)32-15-21(30)26-23(31)25-19-5-3-4-6-19/h7-14,19H,3-6,15H2,1-2H3,(H2,25,26,30,31). The second kappa shape index (κ2) is 9.99. The van der Waals surface area contributed by atoms with Gasteiger partial charge in [-0.3, -0.25) is 14.7 Å². The number of rotatable bonds is 6. The summed E-state index contributed by atoms with van der Waals surface area (Å²) in [7, 11) is 0. The van der Waals surface area contributed by atoms with E-state index in [-0.39, 0.29) is 17.7 Å². The third-order valence-electron chi connectivity index (χ3n) is 5.51. The fourth-order valence-electron chi connectivity index (χ4n) is 3.76. The molecule has 3 amide bonds. The van der Waals surface area contributed by atoms with E-state index in [0.717, 1.165) is 48.1 Å². The molecule has 1 aromatic heterocycles. The topological polar surface area (TPSA) is 88.9 Å². The van der Waals surface area contributed by atoms with Gasteiger partial charge in [-0.25, -0.2) is 4.79 Å². The molecule has 3 aromatic rings. The fourth-order valence-corrected chi connectivity index (χ4v) is 4.52. The highest BCUT2D eigenvalue weighted by atomic mass is 32.2. The van der Waals surface area contributed by atoms with Crippen LogP contribution in [0.4, 0.5) is 4.79 Å². The van der Waals surface area contributed by atoms with Crippen LogP contribution < -0.4 is 10.6 Å². The molecule has 0 spiro atoms. The van der Waals surface area contributed by atoms with E-state index in [1.54, 1.807) is 0 Å². The molecule has 4 rings (SSSR count). The van der Waals surface area contributed by atoms with Gasteiger partial charge < -0.3 is 5.32 Å². The van der Waals surface area contributed by atoms with Crippen molar-refractivity contribution in [3.8, 4) is 17.1 Å². The molecule has 1 aliphatic carbocycles. The van der Waals surface area contributed by atoms with Gasteiger partial charge in [0.15, 0.2) is 11.0 Å². The van der Waals surface area contributed by atoms with Crippen LogP contribution in [0.1, 0.15) is 36.8 Å². The van der Waals surface area contributed by atoms with Crippen molar-refractivity contribution in [2.24, 2.45) is 0 Å². The highest BCUT2D eigenvalue weighted by molar-refractivity contribution is 7.99. The molecular formula is C24H27N5O2S. The summed E-state index contributed by atoms with van der Waals surface area (Å²) in [6.07, 6.45) is 4.18. The summed E-state index contributed by atoms with van der Waals surface area (Å²) in [6, 6.07) is 15.9. The molecule has 8 heteroatoms. The summed E-state index contributed by atoms with van der Waals surface area (Å²) in [5.74, 6) is 0.410. The van der Waals surface area contributed by atoms with Crippen LogP contribution in [0.2, 0.25) is 0 Å². The number of aryl methyl sites for hydroxylation is 2. The van der Waals surface area contributed by atoms with E-state index in [0.29, 0.717) is 11.0 Å². The Morgan fingerprint density at radius 1 is 0.969 bits per heavy atom. The lowest BCUT2D eigenvalue weighted by Gasteiger charge is -2.13. The maximum atomic E-state index is 12.4. The molecule has 1 fully saturated rings. The number of benzene rings is 2. The SMILES string of the molecule is Cc1ccc(-c2nnc(SCC(=O)NC(=O)NC3CCCC3)n2-c2ccc(C)cc2)cc1. The maximum absolute atomic E-state index is 12.4. The molecule has 166 valence electrons. The largest absolute Gasteiger partial charge is 0.335 e. The monoisotopic (exact) mass is 449 g/mol. The van der Waals surface area contributed by atoms with E-state index in [9.17, 15) is 9.59 Å². The zero-order chi connectivity index (χ0) is 22.5. The van der Waals surface area contributed by atoms with E-state index < -0.39 is 6.03 Å². The van der Waals surface area contributed by atoms with Crippen LogP contribution in [0.5, 0.6) is 0 Å². The first-order valence-electron chi connectivity index (χ1n) is 10.8. The van der Waals surface area contributed by atoms with Crippen molar-refractivity contribution in [1.82, 2.24) is 25.4 Å². The summed E-state index contributed by atoms with van der Waals surface area (Å²) in [5, 5.41) is 14.6. The van der Waals surface area contributed by atoms with E-state index >= 15 is 0 Å². The zero-order valence-electron chi connectivity index (χ0n) is 18.3. The summed E-state index contributed by atoms with van der Waals surface area (Å²) in [6.45, 7) is 4.07. The summed E-state index contributed by atoms with van der Waals surface area (Å²) < 4.78 is 1.95. The third-order valence-corrected chi connectivity index (χ3v) is 6.44. The van der Waals surface area contributed by atoms with Crippen LogP contribution >= 0.6 is 11.8 Å². The molecule has 0 saturated heterocycles. The van der Waals surface area contributed by atoms with Gasteiger partial charge >= 0.3 is 6.03 Å². The van der Waals surface area contributed by atoms with Crippen LogP contribution in [0.25, 0.3) is 17.1 Å². The molecule has 2 aromatic carbocycles. The Bertz CT molecular complexity index is 1090. The van der Waals surface area contributed by atoms with Crippen molar-refractivity contribution < 1.29 is 9.59 Å². The normalized spacial score (nSPS) is 13.8. The van der Waals surface area contributed by atoms with Crippen molar-refractivity contribution in [1.29, 1.82) is 0 Å². The Labute approximate surface area is 192 Å². The lowest BCUT2D eigenvalue weighted by Crippen LogP contribution is -2.44. The number of carbonyl (C=O) groups is 2. The summed E-state index contributed by atoms with van der Waals surface area (Å²) in [5.41, 5.74) is 4.17. The average Bonchev–Trinajstić information content (AvgIpc) is 3.43. The molecule has 32 heavy (non-hydrogen) atoms. The molecule has 0 bridgehead atoms. The van der Waals surface area contributed by atoms with Gasteiger partial charge in [0, 0.05) is 17.3 Å². The van der Waals surface area contributed by atoms with Gasteiger partial charge in [0.2, 0.25) is 5.91 Å². The van der Waals surface area contributed by atoms with E-state index in [1.807, 2.05) is 66.9 Å². The van der Waals surface area contributed by atoms with Gasteiger partial charge in [-0.15, -0.1) is 10.2 Å². The molecule has 1 aliphatic rings. The highest BCUT2D eigenvalue weighted by Gasteiger charge is 2.20. The predicted octanol–water partition coefficient (Wildman–Crippen LogP) is 4.41. The fraction of sp³-hybridized carbons (Fsp3) is 0.333. The second-order valence-corrected chi connectivity index (χ2v) is 9.08. The number of aromatic nitrogens is 3. The van der Waals surface area contributed by atoms with Crippen LogP contribution in [0, 0.1) is 13.8 Å². The Morgan fingerprint density at radius 2 is 1.59 bits per heavy atom. The van der Waals surface area contributed by atoms with Crippen molar-refractivity contribution in [3.05, 3.63) is 59.7 Å². The molecule has 2 N–H and O–H groups in total. The Balaban J connectivity index is 1.50. The first-order valence-corrected chi connectivity index (χ1v) is 11.8. The van der Waals surface area contributed by atoms with Gasteiger partial charge in [0.05, 0.1) is 5.75 Å². The number of imide groups is 1. The number of carbonyl (C=O) groups excluding carboxylic acids is 2. The van der Waals surface area contributed by atoms with Crippen molar-refractivity contribution >= 4 is 23.7 Å². The third kappa shape index (κ3) is 5.37. The number of hydrogen-bond donors (Lipinski definition) is 2. The van der Waals surface area contributed by atoms with Crippen molar-refractivity contribution in [2.75, 3.05) is 5.75 Å². The van der Waals surface area contributed by atoms with Crippen LogP contribution in [-0.4, -0.2) is 38.5 Å². The smallest absolute Gasteiger partial charge is 0.321 e. The van der Waals surface area contributed by atoms with Crippen LogP contribution in [0.3, 0.4) is 0 Å². The Hall–Kier alpha value is -3.13.